The summed E-state index contributed by atoms with van der Waals surface area (Å²) in [6, 6.07) is 8.09. The van der Waals surface area contributed by atoms with E-state index in [0.717, 1.165) is 44.2 Å². The molecular formula is C14H23N4O2+. The van der Waals surface area contributed by atoms with Crippen LogP contribution in [0.15, 0.2) is 24.3 Å². The van der Waals surface area contributed by atoms with Gasteiger partial charge in [-0.15, -0.1) is 0 Å². The molecule has 0 bridgehead atoms. The number of anilines is 1. The number of carbonyl (C=O) groups excluding carboxylic acids is 1. The maximum Gasteiger partial charge on any atom is 0.239 e. The molecule has 1 fully saturated rings. The quantitative estimate of drug-likeness (QED) is 0.359. The number of rotatable bonds is 5. The van der Waals surface area contributed by atoms with Crippen LogP contribution in [0.5, 0.6) is 5.75 Å². The van der Waals surface area contributed by atoms with Gasteiger partial charge in [0, 0.05) is 0 Å². The largest absolute Gasteiger partial charge is 0.495 e. The Morgan fingerprint density at radius 3 is 2.75 bits per heavy atom. The normalized spacial score (nSPS) is 16.0. The van der Waals surface area contributed by atoms with E-state index in [2.05, 4.69) is 16.4 Å². The van der Waals surface area contributed by atoms with E-state index in [1.54, 1.807) is 7.11 Å². The highest BCUT2D eigenvalue weighted by atomic mass is 16.5. The number of hydrogen-bond donors (Lipinski definition) is 3. The molecule has 0 spiro atoms. The summed E-state index contributed by atoms with van der Waals surface area (Å²) in [7, 11) is 1.70. The number of nitrogens with two attached hydrogens (primary N) is 1. The molecule has 6 nitrogen and oxygen atoms in total. The molecule has 2 rings (SSSR count). The molecule has 1 amide bonds. The van der Waals surface area contributed by atoms with Crippen molar-refractivity contribution in [3.05, 3.63) is 24.3 Å². The van der Waals surface area contributed by atoms with Crippen molar-refractivity contribution >= 4 is 11.6 Å². The van der Waals surface area contributed by atoms with E-state index in [1.165, 1.54) is 4.90 Å². The lowest BCUT2D eigenvalue weighted by molar-refractivity contribution is -0.900. The minimum atomic E-state index is -0.0929. The number of para-hydroxylation sites is 2. The lowest BCUT2D eigenvalue weighted by Gasteiger charge is -2.34. The number of piperazine rings is 1. The first-order valence-corrected chi connectivity index (χ1v) is 6.95. The van der Waals surface area contributed by atoms with Crippen LogP contribution >= 0.6 is 0 Å². The molecule has 0 radical (unpaired) electrons. The summed E-state index contributed by atoms with van der Waals surface area (Å²) in [4.78, 5) is 14.9. The standard InChI is InChI=1S/C14H22N4O2/c1-20-13-5-3-2-4-12(13)18-10-8-17(9-11-18)7-6-14(19)16-15/h2-5H,6-11,15H2,1H3,(H,16,19)/p+1. The lowest BCUT2D eigenvalue weighted by atomic mass is 10.2. The highest BCUT2D eigenvalue weighted by Gasteiger charge is 2.22. The van der Waals surface area contributed by atoms with Gasteiger partial charge in [-0.2, -0.15) is 0 Å². The van der Waals surface area contributed by atoms with E-state index in [4.69, 9.17) is 10.6 Å². The van der Waals surface area contributed by atoms with Crippen LogP contribution in [0.2, 0.25) is 0 Å². The third kappa shape index (κ3) is 3.61. The molecule has 0 atom stereocenters. The lowest BCUT2D eigenvalue weighted by Crippen LogP contribution is -3.15. The van der Waals surface area contributed by atoms with Gasteiger partial charge in [0.1, 0.15) is 5.75 Å². The number of amides is 1. The molecule has 6 heteroatoms. The molecule has 0 saturated carbocycles. The monoisotopic (exact) mass is 279 g/mol. The molecule has 1 aliphatic heterocycles. The van der Waals surface area contributed by atoms with Crippen molar-refractivity contribution in [2.24, 2.45) is 5.84 Å². The second-order valence-corrected chi connectivity index (χ2v) is 4.98. The molecule has 4 N–H and O–H groups in total. The van der Waals surface area contributed by atoms with Gasteiger partial charge in [-0.1, -0.05) is 12.1 Å². The van der Waals surface area contributed by atoms with Gasteiger partial charge in [-0.05, 0) is 12.1 Å². The number of benzene rings is 1. The van der Waals surface area contributed by atoms with Gasteiger partial charge in [0.05, 0.1) is 51.9 Å². The van der Waals surface area contributed by atoms with Crippen LogP contribution in [0.25, 0.3) is 0 Å². The maximum absolute atomic E-state index is 11.1. The first-order valence-electron chi connectivity index (χ1n) is 6.95. The van der Waals surface area contributed by atoms with Crippen molar-refractivity contribution in [2.45, 2.75) is 6.42 Å². The first-order chi connectivity index (χ1) is 9.74. The molecule has 1 aliphatic rings. The molecule has 0 unspecified atom stereocenters. The van der Waals surface area contributed by atoms with Crippen LogP contribution in [-0.4, -0.2) is 45.7 Å². The average Bonchev–Trinajstić information content (AvgIpc) is 2.53. The summed E-state index contributed by atoms with van der Waals surface area (Å²) in [6.07, 6.45) is 0.487. The number of nitrogens with one attached hydrogen (secondary N) is 2. The van der Waals surface area contributed by atoms with Crippen molar-refractivity contribution in [1.29, 1.82) is 0 Å². The Morgan fingerprint density at radius 2 is 2.10 bits per heavy atom. The fourth-order valence-electron chi connectivity index (χ4n) is 2.57. The van der Waals surface area contributed by atoms with E-state index in [0.29, 0.717) is 6.42 Å². The zero-order valence-electron chi connectivity index (χ0n) is 11.9. The zero-order chi connectivity index (χ0) is 14.4. The molecule has 1 aromatic carbocycles. The summed E-state index contributed by atoms with van der Waals surface area (Å²) in [5.41, 5.74) is 3.32. The minimum absolute atomic E-state index is 0.0929. The minimum Gasteiger partial charge on any atom is -0.495 e. The maximum atomic E-state index is 11.1. The number of hydrazine groups is 1. The summed E-state index contributed by atoms with van der Waals surface area (Å²) in [6.45, 7) is 4.83. The third-order valence-electron chi connectivity index (χ3n) is 3.76. The van der Waals surface area contributed by atoms with Crippen LogP contribution in [0, 0.1) is 0 Å². The van der Waals surface area contributed by atoms with Crippen molar-refractivity contribution in [1.82, 2.24) is 5.43 Å². The van der Waals surface area contributed by atoms with Crippen molar-refractivity contribution in [2.75, 3.05) is 44.7 Å². The molecule has 1 saturated heterocycles. The third-order valence-corrected chi connectivity index (χ3v) is 3.76. The van der Waals surface area contributed by atoms with Gasteiger partial charge >= 0.3 is 0 Å². The van der Waals surface area contributed by atoms with Crippen LogP contribution in [0.4, 0.5) is 5.69 Å². The van der Waals surface area contributed by atoms with Gasteiger partial charge in [0.15, 0.2) is 0 Å². The fraction of sp³-hybridized carbons (Fsp3) is 0.500. The summed E-state index contributed by atoms with van der Waals surface area (Å²) in [5, 5.41) is 0. The fourth-order valence-corrected chi connectivity index (χ4v) is 2.57. The number of carbonyl (C=O) groups is 1. The van der Waals surface area contributed by atoms with Crippen LogP contribution in [-0.2, 0) is 4.79 Å². The smallest absolute Gasteiger partial charge is 0.239 e. The Bertz CT molecular complexity index is 445. The summed E-state index contributed by atoms with van der Waals surface area (Å²) < 4.78 is 5.40. The van der Waals surface area contributed by atoms with Gasteiger partial charge in [-0.3, -0.25) is 10.2 Å². The summed E-state index contributed by atoms with van der Waals surface area (Å²) >= 11 is 0. The van der Waals surface area contributed by atoms with E-state index < -0.39 is 0 Å². The number of hydrogen-bond acceptors (Lipinski definition) is 4. The number of nitrogens with zero attached hydrogens (tertiary/aromatic N) is 1. The van der Waals surface area contributed by atoms with Gasteiger partial charge in [0.25, 0.3) is 0 Å². The summed E-state index contributed by atoms with van der Waals surface area (Å²) in [5.74, 6) is 5.91. The van der Waals surface area contributed by atoms with E-state index in [-0.39, 0.29) is 5.91 Å². The highest BCUT2D eigenvalue weighted by Crippen LogP contribution is 2.27. The Labute approximate surface area is 119 Å². The second kappa shape index (κ2) is 7.12. The number of methoxy groups -OCH3 is 1. The molecule has 0 aromatic heterocycles. The van der Waals surface area contributed by atoms with Crippen molar-refractivity contribution in [3.8, 4) is 5.75 Å². The van der Waals surface area contributed by atoms with Crippen LogP contribution in [0.3, 0.4) is 0 Å². The Morgan fingerprint density at radius 1 is 1.40 bits per heavy atom. The average molecular weight is 279 g/mol. The predicted molar refractivity (Wildman–Crippen MR) is 77.7 cm³/mol. The van der Waals surface area contributed by atoms with E-state index in [9.17, 15) is 4.79 Å². The predicted octanol–water partition coefficient (Wildman–Crippen LogP) is -1.22. The van der Waals surface area contributed by atoms with Crippen molar-refractivity contribution in [3.63, 3.8) is 0 Å². The SMILES string of the molecule is COc1ccccc1N1CC[NH+](CCC(=O)NN)CC1. The first kappa shape index (κ1) is 14.6. The number of ether oxygens (including phenoxy) is 1. The highest BCUT2D eigenvalue weighted by molar-refractivity contribution is 5.75. The van der Waals surface area contributed by atoms with Crippen molar-refractivity contribution < 1.29 is 14.4 Å². The molecule has 0 aliphatic carbocycles. The van der Waals surface area contributed by atoms with E-state index in [1.807, 2.05) is 18.2 Å². The molecule has 1 heterocycles. The Balaban J connectivity index is 1.86. The van der Waals surface area contributed by atoms with Gasteiger partial charge in [-0.25, -0.2) is 5.84 Å². The zero-order valence-corrected chi connectivity index (χ0v) is 11.9. The molecular weight excluding hydrogens is 256 g/mol. The molecule has 20 heavy (non-hydrogen) atoms. The van der Waals surface area contributed by atoms with E-state index >= 15 is 0 Å². The Hall–Kier alpha value is -1.79. The second-order valence-electron chi connectivity index (χ2n) is 4.98. The Kier molecular flexibility index (Phi) is 5.20. The van der Waals surface area contributed by atoms with Crippen LogP contribution in [0.1, 0.15) is 6.42 Å². The molecule has 110 valence electrons. The topological polar surface area (TPSA) is 72.0 Å². The van der Waals surface area contributed by atoms with Gasteiger partial charge < -0.3 is 14.5 Å². The number of quaternary nitrogens is 1. The van der Waals surface area contributed by atoms with Crippen LogP contribution < -0.4 is 25.8 Å². The van der Waals surface area contributed by atoms with Gasteiger partial charge in [0.2, 0.25) is 5.91 Å². The molecule has 1 aromatic rings.